The first kappa shape index (κ1) is 17.1. The summed E-state index contributed by atoms with van der Waals surface area (Å²) in [6.07, 6.45) is 5.24. The molecule has 0 spiro atoms. The maximum atomic E-state index is 11.1. The summed E-state index contributed by atoms with van der Waals surface area (Å²) in [6, 6.07) is 7.73. The summed E-state index contributed by atoms with van der Waals surface area (Å²) in [4.78, 5) is 6.74. The van der Waals surface area contributed by atoms with Crippen molar-refractivity contribution in [2.24, 2.45) is 5.92 Å². The lowest BCUT2D eigenvalue weighted by atomic mass is 9.87. The third-order valence-corrected chi connectivity index (χ3v) is 5.22. The Morgan fingerprint density at radius 1 is 1.38 bits per heavy atom. The van der Waals surface area contributed by atoms with Crippen LogP contribution in [0.4, 0.5) is 0 Å². The number of nitrogens with zero attached hydrogens (tertiary/aromatic N) is 2. The highest BCUT2D eigenvalue weighted by Gasteiger charge is 2.32. The van der Waals surface area contributed by atoms with Crippen LogP contribution in [0.15, 0.2) is 43.1 Å². The van der Waals surface area contributed by atoms with Gasteiger partial charge < -0.3 is 10.2 Å². The number of aliphatic hydroxyl groups excluding tert-OH is 2. The molecule has 2 unspecified atom stereocenters. The SMILES string of the molecule is C=CC1CCC([C@H](O)c2ccnc3ccc(CO)cc23)N(CC)C1. The molecule has 128 valence electrons. The molecule has 3 rings (SSSR count). The zero-order chi connectivity index (χ0) is 17.1. The van der Waals surface area contributed by atoms with Gasteiger partial charge in [0.05, 0.1) is 18.2 Å². The van der Waals surface area contributed by atoms with E-state index in [0.717, 1.165) is 48.0 Å². The highest BCUT2D eigenvalue weighted by atomic mass is 16.3. The fourth-order valence-corrected chi connectivity index (χ4v) is 3.79. The van der Waals surface area contributed by atoms with E-state index >= 15 is 0 Å². The molecular weight excluding hydrogens is 300 g/mol. The Hall–Kier alpha value is -1.75. The molecule has 24 heavy (non-hydrogen) atoms. The van der Waals surface area contributed by atoms with E-state index in [1.807, 2.05) is 30.3 Å². The number of hydrogen-bond acceptors (Lipinski definition) is 4. The van der Waals surface area contributed by atoms with Crippen molar-refractivity contribution in [2.75, 3.05) is 13.1 Å². The van der Waals surface area contributed by atoms with Crippen LogP contribution >= 0.6 is 0 Å². The predicted octanol–water partition coefficient (Wildman–Crippen LogP) is 3.05. The van der Waals surface area contributed by atoms with Crippen LogP contribution in [0.1, 0.15) is 37.0 Å². The summed E-state index contributed by atoms with van der Waals surface area (Å²) in [7, 11) is 0. The molecule has 1 aromatic heterocycles. The minimum atomic E-state index is -0.560. The molecule has 2 heterocycles. The number of benzene rings is 1. The van der Waals surface area contributed by atoms with E-state index in [4.69, 9.17) is 0 Å². The van der Waals surface area contributed by atoms with Crippen LogP contribution in [-0.2, 0) is 6.61 Å². The first-order valence-corrected chi connectivity index (χ1v) is 8.71. The molecule has 2 N–H and O–H groups in total. The molecule has 0 amide bonds. The Morgan fingerprint density at radius 2 is 2.21 bits per heavy atom. The van der Waals surface area contributed by atoms with Gasteiger partial charge in [0, 0.05) is 24.2 Å². The molecule has 0 radical (unpaired) electrons. The smallest absolute Gasteiger partial charge is 0.0952 e. The van der Waals surface area contributed by atoms with Gasteiger partial charge in [0.15, 0.2) is 0 Å². The summed E-state index contributed by atoms with van der Waals surface area (Å²) in [6.45, 7) is 7.92. The molecule has 0 aliphatic carbocycles. The zero-order valence-electron chi connectivity index (χ0n) is 14.2. The number of fused-ring (bicyclic) bond motifs is 1. The van der Waals surface area contributed by atoms with Gasteiger partial charge >= 0.3 is 0 Å². The molecule has 4 nitrogen and oxygen atoms in total. The minimum Gasteiger partial charge on any atom is -0.392 e. The molecule has 1 aromatic carbocycles. The number of aliphatic hydroxyl groups is 2. The Kier molecular flexibility index (Phi) is 5.29. The highest BCUT2D eigenvalue weighted by Crippen LogP contribution is 2.34. The van der Waals surface area contributed by atoms with Gasteiger partial charge in [-0.25, -0.2) is 0 Å². The first-order valence-electron chi connectivity index (χ1n) is 8.71. The van der Waals surface area contributed by atoms with Crippen LogP contribution in [0.3, 0.4) is 0 Å². The van der Waals surface area contributed by atoms with Gasteiger partial charge in [-0.05, 0) is 54.6 Å². The van der Waals surface area contributed by atoms with Gasteiger partial charge in [-0.15, -0.1) is 6.58 Å². The van der Waals surface area contributed by atoms with E-state index < -0.39 is 6.10 Å². The van der Waals surface area contributed by atoms with Crippen molar-refractivity contribution in [1.82, 2.24) is 9.88 Å². The lowest BCUT2D eigenvalue weighted by molar-refractivity contribution is 0.0183. The molecule has 1 fully saturated rings. The molecule has 1 aliphatic rings. The Bertz CT molecular complexity index is 716. The Balaban J connectivity index is 1.95. The Labute approximate surface area is 143 Å². The van der Waals surface area contributed by atoms with Crippen LogP contribution in [0.2, 0.25) is 0 Å². The lowest BCUT2D eigenvalue weighted by Gasteiger charge is -2.41. The predicted molar refractivity (Wildman–Crippen MR) is 96.6 cm³/mol. The minimum absolute atomic E-state index is 0.00804. The molecule has 3 atom stereocenters. The molecule has 2 aromatic rings. The second-order valence-corrected chi connectivity index (χ2v) is 6.58. The lowest BCUT2D eigenvalue weighted by Crippen LogP contribution is -2.46. The van der Waals surface area contributed by atoms with E-state index in [0.29, 0.717) is 5.92 Å². The largest absolute Gasteiger partial charge is 0.392 e. The second-order valence-electron chi connectivity index (χ2n) is 6.58. The zero-order valence-corrected chi connectivity index (χ0v) is 14.2. The topological polar surface area (TPSA) is 56.6 Å². The maximum Gasteiger partial charge on any atom is 0.0952 e. The second kappa shape index (κ2) is 7.43. The first-order chi connectivity index (χ1) is 11.7. The van der Waals surface area contributed by atoms with Crippen LogP contribution in [0.25, 0.3) is 10.9 Å². The van der Waals surface area contributed by atoms with E-state index in [9.17, 15) is 10.2 Å². The van der Waals surface area contributed by atoms with E-state index in [1.54, 1.807) is 6.20 Å². The van der Waals surface area contributed by atoms with Crippen molar-refractivity contribution in [3.63, 3.8) is 0 Å². The monoisotopic (exact) mass is 326 g/mol. The van der Waals surface area contributed by atoms with Crippen LogP contribution < -0.4 is 0 Å². The number of hydrogen-bond donors (Lipinski definition) is 2. The number of piperidine rings is 1. The van der Waals surface area contributed by atoms with Crippen molar-refractivity contribution in [1.29, 1.82) is 0 Å². The fourth-order valence-electron chi connectivity index (χ4n) is 3.79. The number of pyridine rings is 1. The van der Waals surface area contributed by atoms with E-state index in [2.05, 4.69) is 23.4 Å². The number of aromatic nitrogens is 1. The third kappa shape index (κ3) is 3.22. The normalized spacial score (nSPS) is 23.3. The molecule has 0 bridgehead atoms. The molecular formula is C20H26N2O2. The van der Waals surface area contributed by atoms with Gasteiger partial charge in [0.25, 0.3) is 0 Å². The third-order valence-electron chi connectivity index (χ3n) is 5.22. The summed E-state index contributed by atoms with van der Waals surface area (Å²) in [5.41, 5.74) is 2.59. The van der Waals surface area contributed by atoms with Crippen molar-refractivity contribution in [3.8, 4) is 0 Å². The maximum absolute atomic E-state index is 11.1. The molecule has 1 saturated heterocycles. The number of likely N-dealkylation sites (tertiary alicyclic amines) is 1. The summed E-state index contributed by atoms with van der Waals surface area (Å²) in [5, 5.41) is 21.4. The summed E-state index contributed by atoms with van der Waals surface area (Å²) >= 11 is 0. The van der Waals surface area contributed by atoms with Crippen molar-refractivity contribution in [2.45, 2.75) is 38.5 Å². The van der Waals surface area contributed by atoms with Gasteiger partial charge in [0.1, 0.15) is 0 Å². The Morgan fingerprint density at radius 3 is 2.92 bits per heavy atom. The van der Waals surface area contributed by atoms with Gasteiger partial charge in [0.2, 0.25) is 0 Å². The van der Waals surface area contributed by atoms with Crippen molar-refractivity contribution in [3.05, 3.63) is 54.2 Å². The van der Waals surface area contributed by atoms with Gasteiger partial charge in [-0.3, -0.25) is 9.88 Å². The highest BCUT2D eigenvalue weighted by molar-refractivity contribution is 5.83. The molecule has 4 heteroatoms. The number of likely N-dealkylation sites (N-methyl/N-ethyl adjacent to an activating group) is 1. The van der Waals surface area contributed by atoms with Crippen LogP contribution in [0, 0.1) is 5.92 Å². The molecule has 0 saturated carbocycles. The quantitative estimate of drug-likeness (QED) is 0.829. The van der Waals surface area contributed by atoms with Gasteiger partial charge in [-0.1, -0.05) is 19.1 Å². The van der Waals surface area contributed by atoms with Crippen LogP contribution in [0.5, 0.6) is 0 Å². The molecule has 1 aliphatic heterocycles. The standard InChI is InChI=1S/C20H26N2O2/c1-3-14-6-8-19(22(4-2)12-14)20(24)16-9-10-21-18-7-5-15(13-23)11-17(16)18/h3,5,7,9-11,14,19-20,23-24H,1,4,6,8,12-13H2,2H3/t14?,19?,20-/m1/s1. The van der Waals surface area contributed by atoms with E-state index in [1.165, 1.54) is 0 Å². The van der Waals surface area contributed by atoms with Crippen molar-refractivity contribution < 1.29 is 10.2 Å². The van der Waals surface area contributed by atoms with E-state index in [-0.39, 0.29) is 12.6 Å². The number of rotatable bonds is 5. The summed E-state index contributed by atoms with van der Waals surface area (Å²) < 4.78 is 0. The van der Waals surface area contributed by atoms with Crippen LogP contribution in [-0.4, -0.2) is 39.2 Å². The van der Waals surface area contributed by atoms with Gasteiger partial charge in [-0.2, -0.15) is 0 Å². The fraction of sp³-hybridized carbons (Fsp3) is 0.450. The average Bonchev–Trinajstić information content (AvgIpc) is 2.65. The van der Waals surface area contributed by atoms with Crippen molar-refractivity contribution >= 4 is 10.9 Å². The summed E-state index contributed by atoms with van der Waals surface area (Å²) in [5.74, 6) is 0.503. The average molecular weight is 326 g/mol.